The summed E-state index contributed by atoms with van der Waals surface area (Å²) in [5, 5.41) is 9.29. The van der Waals surface area contributed by atoms with Crippen molar-refractivity contribution in [2.24, 2.45) is 5.73 Å². The third kappa shape index (κ3) is 2.52. The number of primary amides is 1. The number of ether oxygens (including phenoxy) is 2. The molecule has 0 aromatic carbocycles. The van der Waals surface area contributed by atoms with Crippen LogP contribution in [0.1, 0.15) is 0 Å². The predicted molar refractivity (Wildman–Crippen MR) is 40.4 cm³/mol. The van der Waals surface area contributed by atoms with E-state index in [0.29, 0.717) is 6.61 Å². The lowest BCUT2D eigenvalue weighted by Gasteiger charge is -2.15. The Labute approximate surface area is 69.8 Å². The summed E-state index contributed by atoms with van der Waals surface area (Å²) in [6.45, 7) is 0.350. The van der Waals surface area contributed by atoms with Gasteiger partial charge in [-0.05, 0) is 0 Å². The maximum atomic E-state index is 10.1. The van der Waals surface area contributed by atoms with E-state index in [-0.39, 0.29) is 12.7 Å². The molecule has 1 heterocycles. The highest BCUT2D eigenvalue weighted by molar-refractivity contribution is 5.64. The van der Waals surface area contributed by atoms with Gasteiger partial charge < -0.3 is 20.3 Å². The molecule has 0 radical (unpaired) electrons. The molecule has 1 aliphatic rings. The van der Waals surface area contributed by atoms with Crippen molar-refractivity contribution in [2.45, 2.75) is 12.2 Å². The Kier molecular flexibility index (Phi) is 3.07. The summed E-state index contributed by atoms with van der Waals surface area (Å²) in [7, 11) is 0. The summed E-state index contributed by atoms with van der Waals surface area (Å²) in [5.74, 6) is 0. The molecule has 0 saturated heterocycles. The summed E-state index contributed by atoms with van der Waals surface area (Å²) < 4.78 is 9.44. The lowest BCUT2D eigenvalue weighted by Crippen LogP contribution is -2.31. The molecule has 5 nitrogen and oxygen atoms in total. The van der Waals surface area contributed by atoms with Crippen molar-refractivity contribution in [1.29, 1.82) is 0 Å². The molecule has 0 fully saturated rings. The highest BCUT2D eigenvalue weighted by atomic mass is 16.6. The molecule has 5 heteroatoms. The number of amides is 1. The highest BCUT2D eigenvalue weighted by Gasteiger charge is 2.20. The summed E-state index contributed by atoms with van der Waals surface area (Å²) >= 11 is 0. The fourth-order valence-electron chi connectivity index (χ4n) is 0.914. The van der Waals surface area contributed by atoms with Crippen molar-refractivity contribution in [3.63, 3.8) is 0 Å². The highest BCUT2D eigenvalue weighted by Crippen LogP contribution is 2.08. The molecule has 3 N–H and O–H groups in total. The lowest BCUT2D eigenvalue weighted by atomic mass is 10.2. The van der Waals surface area contributed by atoms with Crippen LogP contribution in [0.4, 0.5) is 4.79 Å². The second-order valence-corrected chi connectivity index (χ2v) is 2.42. The first-order valence-electron chi connectivity index (χ1n) is 3.58. The second-order valence-electron chi connectivity index (χ2n) is 2.42. The number of nitrogens with two attached hydrogens (primary N) is 1. The van der Waals surface area contributed by atoms with E-state index in [1.165, 1.54) is 0 Å². The van der Waals surface area contributed by atoms with Crippen LogP contribution in [0, 0.1) is 0 Å². The van der Waals surface area contributed by atoms with Crippen LogP contribution >= 0.6 is 0 Å². The van der Waals surface area contributed by atoms with Crippen LogP contribution in [0.25, 0.3) is 0 Å². The molecule has 0 unspecified atom stereocenters. The van der Waals surface area contributed by atoms with Crippen LogP contribution < -0.4 is 5.73 Å². The fraction of sp³-hybridized carbons (Fsp3) is 0.571. The van der Waals surface area contributed by atoms with Crippen LogP contribution in [-0.2, 0) is 9.47 Å². The van der Waals surface area contributed by atoms with Gasteiger partial charge in [-0.25, -0.2) is 4.79 Å². The number of carbonyl (C=O) groups is 1. The van der Waals surface area contributed by atoms with Gasteiger partial charge in [-0.2, -0.15) is 0 Å². The Morgan fingerprint density at radius 1 is 1.92 bits per heavy atom. The average Bonchev–Trinajstić information content (AvgIpc) is 2.51. The number of hydrogen-bond acceptors (Lipinski definition) is 4. The molecule has 0 aromatic heterocycles. The van der Waals surface area contributed by atoms with E-state index in [2.05, 4.69) is 4.74 Å². The zero-order valence-electron chi connectivity index (χ0n) is 6.47. The Morgan fingerprint density at radius 2 is 2.67 bits per heavy atom. The van der Waals surface area contributed by atoms with Crippen molar-refractivity contribution >= 4 is 6.09 Å². The molecular weight excluding hydrogens is 162 g/mol. The molecule has 0 bridgehead atoms. The molecule has 0 aliphatic carbocycles. The molecule has 68 valence electrons. The number of aliphatic hydroxyl groups is 1. The van der Waals surface area contributed by atoms with E-state index in [0.717, 1.165) is 0 Å². The van der Waals surface area contributed by atoms with Gasteiger partial charge in [0.15, 0.2) is 0 Å². The van der Waals surface area contributed by atoms with Crippen LogP contribution in [0.15, 0.2) is 12.2 Å². The number of rotatable bonds is 3. The largest absolute Gasteiger partial charge is 0.447 e. The van der Waals surface area contributed by atoms with Crippen LogP contribution in [0.5, 0.6) is 0 Å². The molecule has 1 aliphatic heterocycles. The van der Waals surface area contributed by atoms with E-state index in [1.807, 2.05) is 0 Å². The van der Waals surface area contributed by atoms with Gasteiger partial charge in [0.1, 0.15) is 18.8 Å². The van der Waals surface area contributed by atoms with Gasteiger partial charge in [0.05, 0.1) is 6.61 Å². The topological polar surface area (TPSA) is 81.8 Å². The van der Waals surface area contributed by atoms with Gasteiger partial charge >= 0.3 is 6.09 Å². The Bertz CT molecular complexity index is 192. The van der Waals surface area contributed by atoms with Gasteiger partial charge in [0.2, 0.25) is 0 Å². The number of hydrogen-bond donors (Lipinski definition) is 2. The number of aliphatic hydroxyl groups excluding tert-OH is 1. The Hall–Kier alpha value is -1.07. The van der Waals surface area contributed by atoms with Crippen molar-refractivity contribution in [3.8, 4) is 0 Å². The van der Waals surface area contributed by atoms with E-state index in [9.17, 15) is 9.90 Å². The molecule has 1 rings (SSSR count). The lowest BCUT2D eigenvalue weighted by molar-refractivity contribution is -0.0189. The summed E-state index contributed by atoms with van der Waals surface area (Å²) in [6.07, 6.45) is 1.39. The molecule has 0 aromatic rings. The quantitative estimate of drug-likeness (QED) is 0.558. The van der Waals surface area contributed by atoms with Crippen molar-refractivity contribution in [2.75, 3.05) is 13.2 Å². The Morgan fingerprint density at radius 3 is 3.17 bits per heavy atom. The van der Waals surface area contributed by atoms with Gasteiger partial charge in [0, 0.05) is 0 Å². The van der Waals surface area contributed by atoms with Crippen LogP contribution in [-0.4, -0.2) is 36.6 Å². The summed E-state index contributed by atoms with van der Waals surface area (Å²) in [5.41, 5.74) is 4.71. The standard InChI is InChI=1S/C7H11NO4/c8-7(10)12-4-5(9)6-2-1-3-11-6/h1-2,5-6,9H,3-4H2,(H2,8,10)/t5-,6+/m1/s1. The first-order valence-corrected chi connectivity index (χ1v) is 3.58. The van der Waals surface area contributed by atoms with Gasteiger partial charge in [-0.3, -0.25) is 0 Å². The minimum absolute atomic E-state index is 0.135. The first-order chi connectivity index (χ1) is 5.70. The smallest absolute Gasteiger partial charge is 0.404 e. The normalized spacial score (nSPS) is 23.9. The zero-order valence-corrected chi connectivity index (χ0v) is 6.47. The maximum absolute atomic E-state index is 10.1. The fourth-order valence-corrected chi connectivity index (χ4v) is 0.914. The van der Waals surface area contributed by atoms with Crippen LogP contribution in [0.2, 0.25) is 0 Å². The molecule has 0 saturated carbocycles. The third-order valence-corrected chi connectivity index (χ3v) is 1.49. The Balaban J connectivity index is 2.23. The molecule has 0 spiro atoms. The van der Waals surface area contributed by atoms with E-state index >= 15 is 0 Å². The van der Waals surface area contributed by atoms with Crippen LogP contribution in [0.3, 0.4) is 0 Å². The molecule has 12 heavy (non-hydrogen) atoms. The molecule has 1 amide bonds. The first kappa shape index (κ1) is 9.02. The van der Waals surface area contributed by atoms with Crippen molar-refractivity contribution in [3.05, 3.63) is 12.2 Å². The second kappa shape index (κ2) is 4.08. The molecule has 2 atom stereocenters. The summed E-state index contributed by atoms with van der Waals surface area (Å²) in [6, 6.07) is 0. The van der Waals surface area contributed by atoms with Gasteiger partial charge in [0.25, 0.3) is 0 Å². The van der Waals surface area contributed by atoms with Crippen molar-refractivity contribution in [1.82, 2.24) is 0 Å². The third-order valence-electron chi connectivity index (χ3n) is 1.49. The average molecular weight is 173 g/mol. The monoisotopic (exact) mass is 173 g/mol. The van der Waals surface area contributed by atoms with Gasteiger partial charge in [-0.1, -0.05) is 12.2 Å². The molecular formula is C7H11NO4. The van der Waals surface area contributed by atoms with E-state index in [4.69, 9.17) is 10.5 Å². The minimum Gasteiger partial charge on any atom is -0.447 e. The van der Waals surface area contributed by atoms with E-state index < -0.39 is 12.2 Å². The zero-order chi connectivity index (χ0) is 8.97. The maximum Gasteiger partial charge on any atom is 0.404 e. The SMILES string of the molecule is NC(=O)OC[C@@H](O)[C@@H]1C=CCO1. The minimum atomic E-state index is -0.893. The van der Waals surface area contributed by atoms with Gasteiger partial charge in [-0.15, -0.1) is 0 Å². The van der Waals surface area contributed by atoms with Crippen molar-refractivity contribution < 1.29 is 19.4 Å². The number of carbonyl (C=O) groups excluding carboxylic acids is 1. The summed E-state index contributed by atoms with van der Waals surface area (Å²) in [4.78, 5) is 10.1. The van der Waals surface area contributed by atoms with E-state index in [1.54, 1.807) is 12.2 Å². The predicted octanol–water partition coefficient (Wildman–Crippen LogP) is -0.602.